The minimum absolute atomic E-state index is 0.00289. The van der Waals surface area contributed by atoms with E-state index in [1.165, 1.54) is 32.6 Å². The van der Waals surface area contributed by atoms with Crippen molar-refractivity contribution >= 4 is 5.91 Å². The monoisotopic (exact) mass is 346 g/mol. The van der Waals surface area contributed by atoms with E-state index in [-0.39, 0.29) is 11.7 Å². The minimum atomic E-state index is -0.00289. The average molecular weight is 346 g/mol. The summed E-state index contributed by atoms with van der Waals surface area (Å²) >= 11 is 0. The first-order valence-electron chi connectivity index (χ1n) is 9.40. The third-order valence-corrected chi connectivity index (χ3v) is 5.42. The molecule has 1 aliphatic heterocycles. The Hall–Kier alpha value is -1.75. The SMILES string of the molecule is COc1ccc(C(=O)N2CCCN(CC3CC3)C(C(C)C)C2)cc1O. The second-order valence-electron chi connectivity index (χ2n) is 7.74. The predicted octanol–water partition coefficient (Wildman–Crippen LogP) is 2.98. The zero-order valence-electron chi connectivity index (χ0n) is 15.6. The van der Waals surface area contributed by atoms with E-state index in [4.69, 9.17) is 4.74 Å². The number of phenols is 1. The zero-order valence-corrected chi connectivity index (χ0v) is 15.6. The predicted molar refractivity (Wildman–Crippen MR) is 98.1 cm³/mol. The van der Waals surface area contributed by atoms with Crippen LogP contribution < -0.4 is 4.74 Å². The fraction of sp³-hybridized carbons (Fsp3) is 0.650. The third-order valence-electron chi connectivity index (χ3n) is 5.42. The van der Waals surface area contributed by atoms with E-state index in [2.05, 4.69) is 18.7 Å². The van der Waals surface area contributed by atoms with Gasteiger partial charge in [0.15, 0.2) is 11.5 Å². The summed E-state index contributed by atoms with van der Waals surface area (Å²) < 4.78 is 5.07. The van der Waals surface area contributed by atoms with Crippen molar-refractivity contribution in [2.75, 3.05) is 33.3 Å². The summed E-state index contributed by atoms with van der Waals surface area (Å²) in [5.74, 6) is 1.78. The Morgan fingerprint density at radius 1 is 1.32 bits per heavy atom. The molecule has 3 rings (SSSR count). The van der Waals surface area contributed by atoms with Gasteiger partial charge in [-0.1, -0.05) is 13.8 Å². The molecule has 0 bridgehead atoms. The molecule has 0 radical (unpaired) electrons. The van der Waals surface area contributed by atoms with Gasteiger partial charge >= 0.3 is 0 Å². The summed E-state index contributed by atoms with van der Waals surface area (Å²) in [7, 11) is 1.51. The molecule has 25 heavy (non-hydrogen) atoms. The van der Waals surface area contributed by atoms with Gasteiger partial charge in [0.1, 0.15) is 0 Å². The number of hydrogen-bond acceptors (Lipinski definition) is 4. The number of carbonyl (C=O) groups excluding carboxylic acids is 1. The first-order chi connectivity index (χ1) is 12.0. The standard InChI is InChI=1S/C20H30N2O3/c1-14(2)17-13-22(10-4-9-21(17)12-15-5-6-15)20(24)16-7-8-19(25-3)18(23)11-16/h7-8,11,14-15,17,23H,4-6,9-10,12-13H2,1-3H3. The molecule has 2 fully saturated rings. The first kappa shape index (κ1) is 18.1. The number of hydrogen-bond donors (Lipinski definition) is 1. The lowest BCUT2D eigenvalue weighted by molar-refractivity contribution is 0.0704. The van der Waals surface area contributed by atoms with E-state index in [1.807, 2.05) is 4.90 Å². The Balaban J connectivity index is 1.74. The Morgan fingerprint density at radius 3 is 2.68 bits per heavy atom. The number of carbonyl (C=O) groups is 1. The number of rotatable bonds is 5. The third kappa shape index (κ3) is 4.27. The van der Waals surface area contributed by atoms with Gasteiger partial charge in [0.05, 0.1) is 7.11 Å². The van der Waals surface area contributed by atoms with Crippen LogP contribution in [0.1, 0.15) is 43.5 Å². The molecule has 0 spiro atoms. The van der Waals surface area contributed by atoms with E-state index >= 15 is 0 Å². The summed E-state index contributed by atoms with van der Waals surface area (Å²) in [4.78, 5) is 17.5. The summed E-state index contributed by atoms with van der Waals surface area (Å²) in [6.07, 6.45) is 3.72. The van der Waals surface area contributed by atoms with Crippen LogP contribution in [-0.4, -0.2) is 60.1 Å². The Labute approximate surface area is 150 Å². The Morgan fingerprint density at radius 2 is 2.08 bits per heavy atom. The highest BCUT2D eigenvalue weighted by molar-refractivity contribution is 5.95. The normalized spacial score (nSPS) is 22.1. The quantitative estimate of drug-likeness (QED) is 0.890. The maximum Gasteiger partial charge on any atom is 0.254 e. The van der Waals surface area contributed by atoms with Gasteiger partial charge in [-0.25, -0.2) is 0 Å². The first-order valence-corrected chi connectivity index (χ1v) is 9.40. The lowest BCUT2D eigenvalue weighted by atomic mass is 10.0. The van der Waals surface area contributed by atoms with Gasteiger partial charge in [0.25, 0.3) is 5.91 Å². The van der Waals surface area contributed by atoms with Crippen molar-refractivity contribution in [2.24, 2.45) is 11.8 Å². The molecule has 1 heterocycles. The molecule has 1 amide bonds. The highest BCUT2D eigenvalue weighted by Crippen LogP contribution is 2.32. The fourth-order valence-corrected chi connectivity index (χ4v) is 3.74. The van der Waals surface area contributed by atoms with Gasteiger partial charge in [-0.05, 0) is 49.3 Å². The molecule has 1 aromatic rings. The van der Waals surface area contributed by atoms with E-state index in [0.29, 0.717) is 23.3 Å². The van der Waals surface area contributed by atoms with Crippen molar-refractivity contribution in [1.82, 2.24) is 9.80 Å². The maximum absolute atomic E-state index is 13.0. The minimum Gasteiger partial charge on any atom is -0.504 e. The number of nitrogens with zero attached hydrogens (tertiary/aromatic N) is 2. The number of methoxy groups -OCH3 is 1. The van der Waals surface area contributed by atoms with Gasteiger partial charge in [-0.15, -0.1) is 0 Å². The number of phenolic OH excluding ortho intramolecular Hbond substituents is 1. The average Bonchev–Trinajstić information content (AvgIpc) is 3.41. The van der Waals surface area contributed by atoms with Gasteiger partial charge in [0.2, 0.25) is 0 Å². The van der Waals surface area contributed by atoms with Gasteiger partial charge < -0.3 is 14.7 Å². The lowest BCUT2D eigenvalue weighted by Crippen LogP contribution is -2.46. The molecule has 0 aromatic heterocycles. The fourth-order valence-electron chi connectivity index (χ4n) is 3.74. The van der Waals surface area contributed by atoms with Crippen LogP contribution in [0.15, 0.2) is 18.2 Å². The van der Waals surface area contributed by atoms with Crippen LogP contribution in [0.5, 0.6) is 11.5 Å². The molecule has 1 saturated carbocycles. The molecule has 1 atom stereocenters. The van der Waals surface area contributed by atoms with Crippen molar-refractivity contribution in [3.8, 4) is 11.5 Å². The van der Waals surface area contributed by atoms with Crippen molar-refractivity contribution in [2.45, 2.75) is 39.2 Å². The van der Waals surface area contributed by atoms with Crippen LogP contribution in [0.3, 0.4) is 0 Å². The van der Waals surface area contributed by atoms with Crippen LogP contribution >= 0.6 is 0 Å². The second kappa shape index (κ2) is 7.65. The molecule has 1 aliphatic carbocycles. The van der Waals surface area contributed by atoms with E-state index < -0.39 is 0 Å². The number of benzene rings is 1. The van der Waals surface area contributed by atoms with Crippen LogP contribution in [0, 0.1) is 11.8 Å². The van der Waals surface area contributed by atoms with Crippen molar-refractivity contribution in [3.63, 3.8) is 0 Å². The maximum atomic E-state index is 13.0. The molecule has 5 nitrogen and oxygen atoms in total. The summed E-state index contributed by atoms with van der Waals surface area (Å²) in [6, 6.07) is 5.30. The highest BCUT2D eigenvalue weighted by Gasteiger charge is 2.33. The molecule has 1 N–H and O–H groups in total. The van der Waals surface area contributed by atoms with Crippen LogP contribution in [0.25, 0.3) is 0 Å². The molecule has 5 heteroatoms. The zero-order chi connectivity index (χ0) is 18.0. The van der Waals surface area contributed by atoms with Crippen LogP contribution in [0.4, 0.5) is 0 Å². The van der Waals surface area contributed by atoms with E-state index in [9.17, 15) is 9.90 Å². The number of amides is 1. The number of aromatic hydroxyl groups is 1. The summed E-state index contributed by atoms with van der Waals surface area (Å²) in [5, 5.41) is 9.98. The molecule has 138 valence electrons. The highest BCUT2D eigenvalue weighted by atomic mass is 16.5. The lowest BCUT2D eigenvalue weighted by Gasteiger charge is -2.34. The van der Waals surface area contributed by atoms with E-state index in [1.54, 1.807) is 12.1 Å². The van der Waals surface area contributed by atoms with Crippen molar-refractivity contribution in [3.05, 3.63) is 23.8 Å². The van der Waals surface area contributed by atoms with Gasteiger partial charge in [0, 0.05) is 37.8 Å². The Bertz CT molecular complexity index is 613. The molecule has 1 unspecified atom stereocenters. The number of ether oxygens (including phenoxy) is 1. The smallest absolute Gasteiger partial charge is 0.254 e. The largest absolute Gasteiger partial charge is 0.504 e. The summed E-state index contributed by atoms with van der Waals surface area (Å²) in [6.45, 7) is 8.27. The molecular formula is C20H30N2O3. The molecular weight excluding hydrogens is 316 g/mol. The second-order valence-corrected chi connectivity index (χ2v) is 7.74. The molecule has 1 saturated heterocycles. The Kier molecular flexibility index (Phi) is 5.52. The van der Waals surface area contributed by atoms with Crippen molar-refractivity contribution in [1.29, 1.82) is 0 Å². The van der Waals surface area contributed by atoms with Crippen LogP contribution in [0.2, 0.25) is 0 Å². The summed E-state index contributed by atoms with van der Waals surface area (Å²) in [5.41, 5.74) is 0.524. The van der Waals surface area contributed by atoms with Gasteiger partial charge in [-0.3, -0.25) is 9.69 Å². The molecule has 1 aromatic carbocycles. The van der Waals surface area contributed by atoms with Crippen molar-refractivity contribution < 1.29 is 14.6 Å². The van der Waals surface area contributed by atoms with E-state index in [0.717, 1.165) is 32.0 Å². The molecule has 2 aliphatic rings. The topological polar surface area (TPSA) is 53.0 Å². The van der Waals surface area contributed by atoms with Crippen LogP contribution in [-0.2, 0) is 0 Å². The van der Waals surface area contributed by atoms with Gasteiger partial charge in [-0.2, -0.15) is 0 Å².